The van der Waals surface area contributed by atoms with Gasteiger partial charge >= 0.3 is 34.2 Å². The Balaban J connectivity index is -0.000000132. The smallest absolute Gasteiger partial charge is 0.315 e. The lowest BCUT2D eigenvalue weighted by Gasteiger charge is -2.41. The Morgan fingerprint density at radius 3 is 1.20 bits per heavy atom. The fourth-order valence-electron chi connectivity index (χ4n) is 6.94. The molecule has 388 valence electrons. The number of phenols is 1. The van der Waals surface area contributed by atoms with Crippen molar-refractivity contribution in [1.29, 1.82) is 0 Å². The standard InChI is InChI=1S/C20H41NO4Si4.C12H35NO3Si4.C6H6O.8CH4/c1-26(2,3)23-28(7,8)25-29(9,24-27(4,5)6)16-12-15-21-17-19-13-10-11-14-20(19)22-18-21;1-17(2,3)14-19(7,8)16-20(9,12-10-11-13)15-18(4,5)6;7-6-4-2-1-3-5-6;;;;;;;;/h10-11,13-14H,12,15-18H2,1-9H3;10-13H2,1-9H3;1-5,7H;8*1H4. The molecule has 1 aliphatic rings. The summed E-state index contributed by atoms with van der Waals surface area (Å²) < 4.78 is 45.1. The van der Waals surface area contributed by atoms with Gasteiger partial charge in [-0.25, -0.2) is 0 Å². The molecule has 1 aliphatic heterocycles. The van der Waals surface area contributed by atoms with E-state index in [1.165, 1.54) is 5.56 Å². The lowest BCUT2D eigenvalue weighted by Crippen LogP contribution is -2.57. The number of phenolic OH excluding ortho intramolecular Hbond substituents is 1. The van der Waals surface area contributed by atoms with Gasteiger partial charge in [-0.05, 0) is 168 Å². The average molecular weight is 1050 g/mol. The third kappa shape index (κ3) is 39.4. The SMILES string of the molecule is C.C.C.C.C.C.C.C.C[Si](C)(C)O[Si](C)(C)O[Si](C)(CCCN)O[Si](C)(C)C.C[Si](C)(C)O[Si](C)(C)O[Si](C)(CCCN1COc2ccccc2C1)O[Si](C)(C)C.Oc1ccccc1. The Morgan fingerprint density at radius 2 is 0.859 bits per heavy atom. The highest BCUT2D eigenvalue weighted by atomic mass is 28.5. The zero-order chi connectivity index (χ0) is 43.3. The van der Waals surface area contributed by atoms with E-state index in [0.717, 1.165) is 43.8 Å². The number of hydrogen-bond donors (Lipinski definition) is 2. The van der Waals surface area contributed by atoms with Gasteiger partial charge in [0.2, 0.25) is 0 Å². The van der Waals surface area contributed by atoms with Gasteiger partial charge in [0.25, 0.3) is 0 Å². The van der Waals surface area contributed by atoms with Gasteiger partial charge in [0, 0.05) is 18.7 Å². The second kappa shape index (κ2) is 33.9. The van der Waals surface area contributed by atoms with Crippen LogP contribution in [0.25, 0.3) is 0 Å². The molecule has 3 N–H and O–H groups in total. The van der Waals surface area contributed by atoms with Gasteiger partial charge < -0.3 is 40.3 Å². The maximum absolute atomic E-state index is 8.63. The summed E-state index contributed by atoms with van der Waals surface area (Å²) in [5.74, 6) is 1.34. The first kappa shape index (κ1) is 80.5. The van der Waals surface area contributed by atoms with Gasteiger partial charge in [-0.2, -0.15) is 0 Å². The lowest BCUT2D eigenvalue weighted by atomic mass is 10.1. The second-order valence-corrected chi connectivity index (χ2v) is 52.8. The summed E-state index contributed by atoms with van der Waals surface area (Å²) in [7, 11) is -15.5. The number of nitrogens with two attached hydrogens (primary N) is 1. The Labute approximate surface area is 410 Å². The number of benzene rings is 2. The number of nitrogens with zero attached hydrogens (tertiary/aromatic N) is 1. The topological polar surface area (TPSA) is 114 Å². The summed E-state index contributed by atoms with van der Waals surface area (Å²) in [6, 6.07) is 19.0. The van der Waals surface area contributed by atoms with E-state index >= 15 is 0 Å². The molecular formula is C46H114N2O8Si8. The minimum absolute atomic E-state index is 0. The van der Waals surface area contributed by atoms with Gasteiger partial charge in [-0.1, -0.05) is 95.8 Å². The highest BCUT2D eigenvalue weighted by Gasteiger charge is 2.45. The van der Waals surface area contributed by atoms with Crippen LogP contribution in [0.1, 0.15) is 77.8 Å². The van der Waals surface area contributed by atoms with E-state index in [1.807, 2.05) is 12.1 Å². The van der Waals surface area contributed by atoms with E-state index in [1.54, 1.807) is 24.3 Å². The maximum Gasteiger partial charge on any atom is 0.315 e. The molecule has 0 fully saturated rings. The number of ether oxygens (including phenoxy) is 1. The monoisotopic (exact) mass is 1050 g/mol. The van der Waals surface area contributed by atoms with Crippen molar-refractivity contribution in [2.75, 3.05) is 19.8 Å². The van der Waals surface area contributed by atoms with Gasteiger partial charge in [-0.15, -0.1) is 0 Å². The highest BCUT2D eigenvalue weighted by Crippen LogP contribution is 2.30. The summed E-state index contributed by atoms with van der Waals surface area (Å²) in [6.07, 6.45) is 2.01. The van der Waals surface area contributed by atoms with Crippen molar-refractivity contribution in [3.05, 3.63) is 60.2 Å². The van der Waals surface area contributed by atoms with Crippen molar-refractivity contribution in [1.82, 2.24) is 4.90 Å². The van der Waals surface area contributed by atoms with E-state index in [-0.39, 0.29) is 59.4 Å². The van der Waals surface area contributed by atoms with Crippen LogP contribution in [-0.2, 0) is 31.2 Å². The van der Waals surface area contributed by atoms with Crippen molar-refractivity contribution in [2.45, 2.75) is 209 Å². The molecule has 0 saturated heterocycles. The van der Waals surface area contributed by atoms with E-state index in [2.05, 4.69) is 141 Å². The molecule has 18 heteroatoms. The highest BCUT2D eigenvalue weighted by molar-refractivity contribution is 6.90. The molecule has 2 atom stereocenters. The predicted molar refractivity (Wildman–Crippen MR) is 310 cm³/mol. The molecule has 2 aromatic carbocycles. The normalized spacial score (nSPS) is 14.5. The Morgan fingerprint density at radius 1 is 0.500 bits per heavy atom. The van der Waals surface area contributed by atoms with E-state index in [0.29, 0.717) is 19.0 Å². The molecule has 2 unspecified atom stereocenters. The summed E-state index contributed by atoms with van der Waals surface area (Å²) >= 11 is 0. The average Bonchev–Trinajstić information content (AvgIpc) is 2.96. The Hall–Kier alpha value is -0.545. The molecule has 0 aromatic heterocycles. The minimum Gasteiger partial charge on any atom is -0.508 e. The largest absolute Gasteiger partial charge is 0.508 e. The van der Waals surface area contributed by atoms with Gasteiger partial charge in [0.1, 0.15) is 18.2 Å². The molecule has 0 radical (unpaired) electrons. The fourth-order valence-corrected chi connectivity index (χ4v) is 42.9. The lowest BCUT2D eigenvalue weighted by molar-refractivity contribution is 0.0949. The van der Waals surface area contributed by atoms with Crippen LogP contribution in [0.15, 0.2) is 54.6 Å². The van der Waals surface area contributed by atoms with E-state index < -0.39 is 67.5 Å². The first-order chi connectivity index (χ1) is 25.2. The molecule has 64 heavy (non-hydrogen) atoms. The number of rotatable bonds is 19. The van der Waals surface area contributed by atoms with Crippen LogP contribution >= 0.6 is 0 Å². The zero-order valence-corrected chi connectivity index (χ0v) is 46.7. The molecule has 0 spiro atoms. The summed E-state index contributed by atoms with van der Waals surface area (Å²) in [4.78, 5) is 2.37. The Kier molecular flexibility index (Phi) is 42.6. The molecule has 0 bridgehead atoms. The van der Waals surface area contributed by atoms with Gasteiger partial charge in [0.05, 0.1) is 0 Å². The second-order valence-electron chi connectivity index (χ2n) is 19.9. The minimum atomic E-state index is -2.32. The molecule has 0 saturated carbocycles. The van der Waals surface area contributed by atoms with Crippen LogP contribution in [-0.4, -0.2) is 97.3 Å². The quantitative estimate of drug-likeness (QED) is 0.132. The molecule has 3 rings (SSSR count). The number of aromatic hydroxyl groups is 1. The van der Waals surface area contributed by atoms with Crippen molar-refractivity contribution in [3.8, 4) is 11.5 Å². The fraction of sp³-hybridized carbons (Fsp3) is 0.739. The third-order valence-corrected chi connectivity index (χ3v) is 34.6. The number of hydrogen-bond acceptors (Lipinski definition) is 10. The van der Waals surface area contributed by atoms with Crippen molar-refractivity contribution >= 4 is 67.5 Å². The van der Waals surface area contributed by atoms with Gasteiger partial charge in [0.15, 0.2) is 33.3 Å². The van der Waals surface area contributed by atoms with Crippen LogP contribution < -0.4 is 10.5 Å². The van der Waals surface area contributed by atoms with E-state index in [9.17, 15) is 0 Å². The van der Waals surface area contributed by atoms with Crippen molar-refractivity contribution < 1.29 is 34.5 Å². The number of fused-ring (bicyclic) bond motifs is 1. The summed E-state index contributed by atoms with van der Waals surface area (Å²) in [6.45, 7) is 43.1. The molecule has 2 aromatic rings. The first-order valence-electron chi connectivity index (χ1n) is 20.3. The predicted octanol–water partition coefficient (Wildman–Crippen LogP) is 16.0. The van der Waals surface area contributed by atoms with Gasteiger partial charge in [-0.3, -0.25) is 4.90 Å². The maximum atomic E-state index is 8.63. The summed E-state index contributed by atoms with van der Waals surface area (Å²) in [5, 5.41) is 8.63. The number of para-hydroxylation sites is 2. The van der Waals surface area contributed by atoms with Crippen LogP contribution in [0.4, 0.5) is 0 Å². The summed E-state index contributed by atoms with van der Waals surface area (Å²) in [5.41, 5.74) is 6.94. The third-order valence-electron chi connectivity index (χ3n) is 7.54. The molecule has 0 aliphatic carbocycles. The van der Waals surface area contributed by atoms with Crippen LogP contribution in [0.5, 0.6) is 11.5 Å². The van der Waals surface area contributed by atoms with Crippen LogP contribution in [0.2, 0.25) is 130 Å². The van der Waals surface area contributed by atoms with Crippen LogP contribution in [0, 0.1) is 0 Å². The Bertz CT molecular complexity index is 1420. The molecular weight excluding hydrogens is 933 g/mol. The molecule has 10 nitrogen and oxygen atoms in total. The molecule has 1 heterocycles. The zero-order valence-electron chi connectivity index (χ0n) is 38.7. The van der Waals surface area contributed by atoms with Crippen molar-refractivity contribution in [2.24, 2.45) is 5.73 Å². The van der Waals surface area contributed by atoms with Crippen molar-refractivity contribution in [3.63, 3.8) is 0 Å². The molecule has 0 amide bonds. The first-order valence-corrected chi connectivity index (χ1v) is 44.6. The van der Waals surface area contributed by atoms with E-state index in [4.69, 9.17) is 40.3 Å². The van der Waals surface area contributed by atoms with Crippen LogP contribution in [0.3, 0.4) is 0 Å².